The van der Waals surface area contributed by atoms with E-state index in [1.807, 2.05) is 27.7 Å². The Morgan fingerprint density at radius 3 is 1.48 bits per heavy atom. The first-order valence-electron chi connectivity index (χ1n) is 17.6. The van der Waals surface area contributed by atoms with Gasteiger partial charge in [-0.3, -0.25) is 28.8 Å². The lowest BCUT2D eigenvalue weighted by atomic mass is 9.76. The second-order valence-electron chi connectivity index (χ2n) is 13.7. The summed E-state index contributed by atoms with van der Waals surface area (Å²) in [6, 6.07) is -1.24. The van der Waals surface area contributed by atoms with E-state index in [9.17, 15) is 38.7 Å². The standard InChI is InChI=1S/C34H61N5O13/c1-6-26(40)35-11-12-36-29(43)23-51-19-18-50-16-14-38-30(44)24-52-20-17-49-15-13-37-27(41)8-7-25(32(47)48)39-28(42)21-33(2,3)9-10-34(4,5)22-31(45)46/h25H,6-24H2,1-5H3,(H,35,40)(H,36,43)(H,37,41)(H,38,44)(H,39,42)(H,45,46)(H,47,48). The third-order valence-electron chi connectivity index (χ3n) is 7.48. The molecule has 0 saturated carbocycles. The average molecular weight is 748 g/mol. The van der Waals surface area contributed by atoms with Crippen molar-refractivity contribution < 1.29 is 62.7 Å². The number of carboxylic acids is 2. The van der Waals surface area contributed by atoms with Gasteiger partial charge < -0.3 is 55.7 Å². The van der Waals surface area contributed by atoms with Crippen LogP contribution in [0.25, 0.3) is 0 Å². The minimum Gasteiger partial charge on any atom is -0.481 e. The molecule has 7 N–H and O–H groups in total. The van der Waals surface area contributed by atoms with Gasteiger partial charge in [0.1, 0.15) is 19.3 Å². The number of carbonyl (C=O) groups is 7. The topological polar surface area (TPSA) is 257 Å². The lowest BCUT2D eigenvalue weighted by molar-refractivity contribution is -0.142. The van der Waals surface area contributed by atoms with Crippen LogP contribution in [-0.4, -0.2) is 137 Å². The van der Waals surface area contributed by atoms with Crippen LogP contribution in [0.4, 0.5) is 0 Å². The van der Waals surface area contributed by atoms with Gasteiger partial charge in [-0.1, -0.05) is 34.6 Å². The second-order valence-corrected chi connectivity index (χ2v) is 13.7. The highest BCUT2D eigenvalue weighted by Crippen LogP contribution is 2.35. The van der Waals surface area contributed by atoms with Crippen LogP contribution in [-0.2, 0) is 52.5 Å². The molecular formula is C34H61N5O13. The predicted molar refractivity (Wildman–Crippen MR) is 188 cm³/mol. The van der Waals surface area contributed by atoms with Gasteiger partial charge in [-0.2, -0.15) is 0 Å². The maximum Gasteiger partial charge on any atom is 0.326 e. The van der Waals surface area contributed by atoms with Crippen LogP contribution in [0.2, 0.25) is 0 Å². The van der Waals surface area contributed by atoms with Crippen molar-refractivity contribution in [2.24, 2.45) is 10.8 Å². The molecule has 300 valence electrons. The van der Waals surface area contributed by atoms with E-state index in [0.29, 0.717) is 32.4 Å². The number of hydrogen-bond acceptors (Lipinski definition) is 11. The lowest BCUT2D eigenvalue weighted by Gasteiger charge is -2.30. The molecule has 1 atom stereocenters. The van der Waals surface area contributed by atoms with Crippen molar-refractivity contribution in [1.29, 1.82) is 0 Å². The number of aliphatic carboxylic acids is 2. The first-order chi connectivity index (χ1) is 24.5. The molecule has 0 aliphatic rings. The fourth-order valence-corrected chi connectivity index (χ4v) is 4.49. The molecule has 0 aliphatic heterocycles. The van der Waals surface area contributed by atoms with Crippen molar-refractivity contribution in [2.75, 3.05) is 79.0 Å². The summed E-state index contributed by atoms with van der Waals surface area (Å²) in [5, 5.41) is 31.6. The van der Waals surface area contributed by atoms with E-state index in [1.165, 1.54) is 0 Å². The van der Waals surface area contributed by atoms with Gasteiger partial charge in [0.15, 0.2) is 0 Å². The molecule has 0 aromatic heterocycles. The molecule has 0 bridgehead atoms. The van der Waals surface area contributed by atoms with Gasteiger partial charge in [-0.15, -0.1) is 0 Å². The maximum atomic E-state index is 12.6. The molecule has 0 aromatic rings. The van der Waals surface area contributed by atoms with Crippen LogP contribution in [0, 0.1) is 10.8 Å². The normalized spacial score (nSPS) is 12.0. The number of carbonyl (C=O) groups excluding carboxylic acids is 5. The van der Waals surface area contributed by atoms with E-state index in [2.05, 4.69) is 26.6 Å². The monoisotopic (exact) mass is 747 g/mol. The van der Waals surface area contributed by atoms with E-state index in [1.54, 1.807) is 6.92 Å². The van der Waals surface area contributed by atoms with Crippen molar-refractivity contribution >= 4 is 41.5 Å². The van der Waals surface area contributed by atoms with Gasteiger partial charge in [0.05, 0.1) is 46.1 Å². The third-order valence-corrected chi connectivity index (χ3v) is 7.48. The average Bonchev–Trinajstić information content (AvgIpc) is 3.05. The zero-order valence-corrected chi connectivity index (χ0v) is 31.4. The Hall–Kier alpha value is -3.87. The fraction of sp³-hybridized carbons (Fsp3) is 0.794. The molecule has 0 aliphatic carbocycles. The van der Waals surface area contributed by atoms with E-state index < -0.39 is 40.6 Å². The smallest absolute Gasteiger partial charge is 0.326 e. The summed E-state index contributed by atoms with van der Waals surface area (Å²) in [4.78, 5) is 82.1. The highest BCUT2D eigenvalue weighted by atomic mass is 16.5. The molecule has 5 amide bonds. The molecule has 18 nitrogen and oxygen atoms in total. The van der Waals surface area contributed by atoms with Crippen LogP contribution < -0.4 is 26.6 Å². The first-order valence-corrected chi connectivity index (χ1v) is 17.6. The Labute approximate surface area is 306 Å². The minimum absolute atomic E-state index is 0.00853. The fourth-order valence-electron chi connectivity index (χ4n) is 4.49. The number of amides is 5. The summed E-state index contributed by atoms with van der Waals surface area (Å²) in [6.07, 6.45) is 1.39. The number of rotatable bonds is 32. The Balaban J connectivity index is 3.89. The van der Waals surface area contributed by atoms with Crippen LogP contribution in [0.15, 0.2) is 0 Å². The van der Waals surface area contributed by atoms with Crippen LogP contribution in [0.3, 0.4) is 0 Å². The summed E-state index contributed by atoms with van der Waals surface area (Å²) in [6.45, 7) is 11.2. The molecule has 0 heterocycles. The first kappa shape index (κ1) is 48.1. The van der Waals surface area contributed by atoms with E-state index in [0.717, 1.165) is 0 Å². The van der Waals surface area contributed by atoms with Gasteiger partial charge in [0.25, 0.3) is 0 Å². The summed E-state index contributed by atoms with van der Waals surface area (Å²) >= 11 is 0. The minimum atomic E-state index is -1.25. The Bertz CT molecular complexity index is 1120. The Morgan fingerprint density at radius 2 is 1.00 bits per heavy atom. The van der Waals surface area contributed by atoms with Crippen LogP contribution in [0.1, 0.15) is 79.6 Å². The van der Waals surface area contributed by atoms with E-state index in [-0.39, 0.29) is 109 Å². The van der Waals surface area contributed by atoms with Crippen molar-refractivity contribution in [3.63, 3.8) is 0 Å². The molecule has 0 spiro atoms. The van der Waals surface area contributed by atoms with Gasteiger partial charge in [0, 0.05) is 45.4 Å². The molecule has 0 fully saturated rings. The summed E-state index contributed by atoms with van der Waals surface area (Å²) in [5.74, 6) is -3.72. The van der Waals surface area contributed by atoms with Gasteiger partial charge in [-0.25, -0.2) is 4.79 Å². The highest BCUT2D eigenvalue weighted by Gasteiger charge is 2.30. The van der Waals surface area contributed by atoms with Crippen LogP contribution >= 0.6 is 0 Å². The molecule has 18 heteroatoms. The van der Waals surface area contributed by atoms with Gasteiger partial charge in [-0.05, 0) is 30.1 Å². The lowest BCUT2D eigenvalue weighted by Crippen LogP contribution is -2.43. The van der Waals surface area contributed by atoms with E-state index in [4.69, 9.17) is 24.1 Å². The molecule has 0 aromatic carbocycles. The zero-order chi connectivity index (χ0) is 39.4. The number of ether oxygens (including phenoxy) is 4. The second kappa shape index (κ2) is 27.7. The molecule has 0 saturated heterocycles. The maximum absolute atomic E-state index is 12.6. The van der Waals surface area contributed by atoms with Gasteiger partial charge >= 0.3 is 11.9 Å². The van der Waals surface area contributed by atoms with Crippen LogP contribution in [0.5, 0.6) is 0 Å². The summed E-state index contributed by atoms with van der Waals surface area (Å²) < 4.78 is 21.1. The number of carboxylic acid groups (broad SMARTS) is 2. The van der Waals surface area contributed by atoms with Crippen molar-refractivity contribution in [3.05, 3.63) is 0 Å². The van der Waals surface area contributed by atoms with Crippen molar-refractivity contribution in [3.8, 4) is 0 Å². The van der Waals surface area contributed by atoms with Gasteiger partial charge in [0.2, 0.25) is 29.5 Å². The number of hydrogen-bond donors (Lipinski definition) is 7. The molecule has 1 unspecified atom stereocenters. The van der Waals surface area contributed by atoms with Crippen molar-refractivity contribution in [1.82, 2.24) is 26.6 Å². The van der Waals surface area contributed by atoms with E-state index >= 15 is 0 Å². The molecular weight excluding hydrogens is 686 g/mol. The summed E-state index contributed by atoms with van der Waals surface area (Å²) in [5.41, 5.74) is -0.917. The predicted octanol–water partition coefficient (Wildman–Crippen LogP) is -0.0254. The Morgan fingerprint density at radius 1 is 0.558 bits per heavy atom. The SMILES string of the molecule is CCC(=O)NCCNC(=O)COCCOCCNC(=O)COCCOCCNC(=O)CCC(NC(=O)CC(C)(C)CCC(C)(C)CC(=O)O)C(=O)O. The zero-order valence-electron chi connectivity index (χ0n) is 31.4. The quantitative estimate of drug-likeness (QED) is 0.0447. The molecule has 0 radical (unpaired) electrons. The molecule has 52 heavy (non-hydrogen) atoms. The summed E-state index contributed by atoms with van der Waals surface area (Å²) in [7, 11) is 0. The van der Waals surface area contributed by atoms with Crippen molar-refractivity contribution in [2.45, 2.75) is 85.6 Å². The highest BCUT2D eigenvalue weighted by molar-refractivity contribution is 5.84. The Kier molecular flexibility index (Phi) is 25.7. The number of nitrogens with one attached hydrogen (secondary N) is 5. The largest absolute Gasteiger partial charge is 0.481 e. The molecule has 0 rings (SSSR count). The third kappa shape index (κ3) is 28.8.